The molecule has 0 N–H and O–H groups in total. The third-order valence-electron chi connectivity index (χ3n) is 4.45. The van der Waals surface area contributed by atoms with E-state index in [0.29, 0.717) is 25.7 Å². The fraction of sp³-hybridized carbons (Fsp3) is 0.750. The number of ether oxygens (including phenoxy) is 2. The van der Waals surface area contributed by atoms with E-state index >= 15 is 0 Å². The number of rotatable bonds is 11. The Labute approximate surface area is 151 Å². The highest BCUT2D eigenvalue weighted by Crippen LogP contribution is 2.24. The van der Waals surface area contributed by atoms with Crippen LogP contribution in [0.15, 0.2) is 11.6 Å². The molecular formula is C20H32O5. The molecule has 0 aromatic rings. The first-order chi connectivity index (χ1) is 11.9. The van der Waals surface area contributed by atoms with E-state index in [-0.39, 0.29) is 17.7 Å². The first-order valence-corrected chi connectivity index (χ1v) is 9.50. The molecule has 0 fully saturated rings. The molecule has 1 aliphatic carbocycles. The van der Waals surface area contributed by atoms with Crippen molar-refractivity contribution >= 4 is 17.7 Å². The summed E-state index contributed by atoms with van der Waals surface area (Å²) in [4.78, 5) is 34.9. The minimum absolute atomic E-state index is 0.180. The first-order valence-electron chi connectivity index (χ1n) is 9.50. The molecule has 5 nitrogen and oxygen atoms in total. The average Bonchev–Trinajstić information content (AvgIpc) is 2.55. The lowest BCUT2D eigenvalue weighted by Crippen LogP contribution is -2.35. The molecule has 2 atom stereocenters. The summed E-state index contributed by atoms with van der Waals surface area (Å²) in [5.41, 5.74) is 0.816. The number of esters is 2. The van der Waals surface area contributed by atoms with Crippen molar-refractivity contribution in [2.45, 2.75) is 97.2 Å². The first kappa shape index (κ1) is 21.4. The highest BCUT2D eigenvalue weighted by molar-refractivity contribution is 5.95. The second kappa shape index (κ2) is 11.8. The van der Waals surface area contributed by atoms with Gasteiger partial charge in [0.15, 0.2) is 5.78 Å². The summed E-state index contributed by atoms with van der Waals surface area (Å²) in [5.74, 6) is -0.579. The lowest BCUT2D eigenvalue weighted by Gasteiger charge is -2.27. The fourth-order valence-electron chi connectivity index (χ4n) is 3.19. The van der Waals surface area contributed by atoms with E-state index in [1.807, 2.05) is 6.08 Å². The van der Waals surface area contributed by atoms with Gasteiger partial charge in [-0.1, -0.05) is 32.3 Å². The molecule has 5 heteroatoms. The van der Waals surface area contributed by atoms with Crippen LogP contribution in [0.2, 0.25) is 0 Å². The Morgan fingerprint density at radius 2 is 1.68 bits per heavy atom. The summed E-state index contributed by atoms with van der Waals surface area (Å²) in [6.07, 6.45) is 9.43. The van der Waals surface area contributed by atoms with E-state index in [1.54, 1.807) is 0 Å². The van der Waals surface area contributed by atoms with Gasteiger partial charge in [-0.25, -0.2) is 0 Å². The number of carbonyl (C=O) groups is 3. The van der Waals surface area contributed by atoms with Crippen LogP contribution in [-0.2, 0) is 23.9 Å². The van der Waals surface area contributed by atoms with Crippen LogP contribution in [0.4, 0.5) is 0 Å². The summed E-state index contributed by atoms with van der Waals surface area (Å²) >= 11 is 0. The topological polar surface area (TPSA) is 69.7 Å². The van der Waals surface area contributed by atoms with Crippen LogP contribution in [0, 0.1) is 0 Å². The number of Topliss-reactive ketones (excluding diaryl/α,β-unsaturated/α-hetero) is 1. The van der Waals surface area contributed by atoms with Crippen LogP contribution in [0.1, 0.15) is 85.0 Å². The molecule has 0 aromatic heterocycles. The molecule has 0 saturated carbocycles. The zero-order chi connectivity index (χ0) is 18.7. The van der Waals surface area contributed by atoms with Gasteiger partial charge in [0.1, 0.15) is 12.2 Å². The molecule has 0 saturated heterocycles. The Balaban J connectivity index is 2.71. The van der Waals surface area contributed by atoms with Crippen LogP contribution < -0.4 is 0 Å². The van der Waals surface area contributed by atoms with Crippen molar-refractivity contribution < 1.29 is 23.9 Å². The second-order valence-corrected chi connectivity index (χ2v) is 6.73. The highest BCUT2D eigenvalue weighted by Gasteiger charge is 2.28. The predicted octanol–water partition coefficient (Wildman–Crippen LogP) is 4.28. The summed E-state index contributed by atoms with van der Waals surface area (Å²) in [6.45, 7) is 4.87. The standard InChI is InChI=1S/C20H32O5/c1-4-5-6-7-12-19(24-15(2)21)20(25-16(3)22)14-13-17-10-8-9-11-18(17)23/h10,19-20H,4-9,11-14H2,1-3H3/t19-,20-/m0/s1. The van der Waals surface area contributed by atoms with E-state index in [4.69, 9.17) is 9.47 Å². The van der Waals surface area contributed by atoms with Crippen molar-refractivity contribution in [1.82, 2.24) is 0 Å². The number of unbranched alkanes of at least 4 members (excludes halogenated alkanes) is 3. The number of allylic oxidation sites excluding steroid dienone is 2. The summed E-state index contributed by atoms with van der Waals surface area (Å²) in [6, 6.07) is 0. The average molecular weight is 352 g/mol. The van der Waals surface area contributed by atoms with Crippen LogP contribution in [0.5, 0.6) is 0 Å². The number of hydrogen-bond acceptors (Lipinski definition) is 5. The smallest absolute Gasteiger partial charge is 0.303 e. The van der Waals surface area contributed by atoms with Gasteiger partial charge >= 0.3 is 11.9 Å². The van der Waals surface area contributed by atoms with Gasteiger partial charge in [0.25, 0.3) is 0 Å². The molecule has 1 rings (SSSR count). The second-order valence-electron chi connectivity index (χ2n) is 6.73. The molecule has 142 valence electrons. The third kappa shape index (κ3) is 8.84. The van der Waals surface area contributed by atoms with E-state index in [2.05, 4.69) is 6.92 Å². The molecule has 1 aliphatic rings. The van der Waals surface area contributed by atoms with Gasteiger partial charge in [-0.15, -0.1) is 0 Å². The Bertz CT molecular complexity index is 480. The number of ketones is 1. The molecule has 0 amide bonds. The van der Waals surface area contributed by atoms with Crippen LogP contribution in [0.25, 0.3) is 0 Å². The Hall–Kier alpha value is -1.65. The Morgan fingerprint density at radius 3 is 2.24 bits per heavy atom. The fourth-order valence-corrected chi connectivity index (χ4v) is 3.19. The molecule has 25 heavy (non-hydrogen) atoms. The third-order valence-corrected chi connectivity index (χ3v) is 4.45. The molecule has 0 aromatic carbocycles. The van der Waals surface area contributed by atoms with Gasteiger partial charge in [0, 0.05) is 20.3 Å². The van der Waals surface area contributed by atoms with Crippen molar-refractivity contribution in [2.24, 2.45) is 0 Å². The largest absolute Gasteiger partial charge is 0.459 e. The van der Waals surface area contributed by atoms with E-state index in [9.17, 15) is 14.4 Å². The van der Waals surface area contributed by atoms with E-state index in [0.717, 1.165) is 44.1 Å². The number of hydrogen-bond donors (Lipinski definition) is 0. The van der Waals surface area contributed by atoms with Gasteiger partial charge in [-0.2, -0.15) is 0 Å². The zero-order valence-corrected chi connectivity index (χ0v) is 15.8. The summed E-state index contributed by atoms with van der Waals surface area (Å²) in [5, 5.41) is 0. The molecule has 0 spiro atoms. The van der Waals surface area contributed by atoms with Crippen molar-refractivity contribution in [2.75, 3.05) is 0 Å². The maximum atomic E-state index is 12.0. The molecule has 0 radical (unpaired) electrons. The summed E-state index contributed by atoms with van der Waals surface area (Å²) in [7, 11) is 0. The van der Waals surface area contributed by atoms with Gasteiger partial charge in [0.05, 0.1) is 0 Å². The normalized spacial score (nSPS) is 16.8. The van der Waals surface area contributed by atoms with Gasteiger partial charge in [-0.3, -0.25) is 14.4 Å². The lowest BCUT2D eigenvalue weighted by molar-refractivity contribution is -0.166. The Morgan fingerprint density at radius 1 is 1.04 bits per heavy atom. The molecule has 0 bridgehead atoms. The van der Waals surface area contributed by atoms with Crippen molar-refractivity contribution in [3.05, 3.63) is 11.6 Å². The van der Waals surface area contributed by atoms with Crippen LogP contribution in [-0.4, -0.2) is 29.9 Å². The van der Waals surface area contributed by atoms with Gasteiger partial charge in [0.2, 0.25) is 0 Å². The molecule has 0 heterocycles. The van der Waals surface area contributed by atoms with E-state index in [1.165, 1.54) is 13.8 Å². The zero-order valence-electron chi connectivity index (χ0n) is 15.8. The van der Waals surface area contributed by atoms with Crippen molar-refractivity contribution in [1.29, 1.82) is 0 Å². The van der Waals surface area contributed by atoms with Crippen LogP contribution >= 0.6 is 0 Å². The number of carbonyl (C=O) groups excluding carboxylic acids is 3. The van der Waals surface area contributed by atoms with Crippen molar-refractivity contribution in [3.8, 4) is 0 Å². The highest BCUT2D eigenvalue weighted by atomic mass is 16.6. The van der Waals surface area contributed by atoms with Crippen LogP contribution in [0.3, 0.4) is 0 Å². The predicted molar refractivity (Wildman–Crippen MR) is 96.0 cm³/mol. The summed E-state index contributed by atoms with van der Waals surface area (Å²) < 4.78 is 10.9. The quantitative estimate of drug-likeness (QED) is 0.410. The lowest BCUT2D eigenvalue weighted by atomic mass is 9.92. The SMILES string of the molecule is CCCCCC[C@H](OC(C)=O)[C@H](CCC1=CCCCC1=O)OC(C)=O. The minimum Gasteiger partial charge on any atom is -0.459 e. The molecular weight excluding hydrogens is 320 g/mol. The Kier molecular flexibility index (Phi) is 10.1. The molecule has 0 aliphatic heterocycles. The maximum Gasteiger partial charge on any atom is 0.303 e. The van der Waals surface area contributed by atoms with Gasteiger partial charge < -0.3 is 9.47 Å². The minimum atomic E-state index is -0.501. The van der Waals surface area contributed by atoms with Crippen molar-refractivity contribution in [3.63, 3.8) is 0 Å². The van der Waals surface area contributed by atoms with Gasteiger partial charge in [-0.05, 0) is 44.1 Å². The van der Waals surface area contributed by atoms with E-state index < -0.39 is 12.2 Å². The maximum absolute atomic E-state index is 12.0. The molecule has 0 unspecified atom stereocenters. The monoisotopic (exact) mass is 352 g/mol.